The number of hydrogen-bond acceptors (Lipinski definition) is 2. The van der Waals surface area contributed by atoms with Gasteiger partial charge in [-0.1, -0.05) is 51.2 Å². The third kappa shape index (κ3) is 6.20. The fourth-order valence-corrected chi connectivity index (χ4v) is 2.14. The van der Waals surface area contributed by atoms with Crippen LogP contribution in [-0.2, 0) is 4.74 Å². The minimum atomic E-state index is -0.891. The lowest BCUT2D eigenvalue weighted by molar-refractivity contribution is 0.0625. The molecule has 0 heterocycles. The molecule has 0 fully saturated rings. The van der Waals surface area contributed by atoms with Crippen LogP contribution in [0.5, 0.6) is 0 Å². The maximum absolute atomic E-state index is 10.8. The lowest BCUT2D eigenvalue weighted by Gasteiger charge is -2.13. The van der Waals surface area contributed by atoms with Crippen molar-refractivity contribution in [3.8, 4) is 0 Å². The van der Waals surface area contributed by atoms with Crippen molar-refractivity contribution in [2.24, 2.45) is 0 Å². The Balaban J connectivity index is 2.22. The second-order valence-corrected chi connectivity index (χ2v) is 5.21. The number of rotatable bonds is 10. The average molecular weight is 278 g/mol. The van der Waals surface area contributed by atoms with E-state index < -0.39 is 5.97 Å². The summed E-state index contributed by atoms with van der Waals surface area (Å²) < 4.78 is 5.79. The summed E-state index contributed by atoms with van der Waals surface area (Å²) >= 11 is 0. The van der Waals surface area contributed by atoms with Crippen LogP contribution in [0.2, 0.25) is 0 Å². The molecule has 3 nitrogen and oxygen atoms in total. The highest BCUT2D eigenvalue weighted by Crippen LogP contribution is 2.18. The molecule has 112 valence electrons. The first-order valence-corrected chi connectivity index (χ1v) is 7.60. The van der Waals surface area contributed by atoms with E-state index in [0.717, 1.165) is 18.6 Å². The largest absolute Gasteiger partial charge is 0.478 e. The van der Waals surface area contributed by atoms with Gasteiger partial charge in [-0.2, -0.15) is 0 Å². The molecular formula is C17H26O3. The second-order valence-electron chi connectivity index (χ2n) is 5.21. The van der Waals surface area contributed by atoms with Gasteiger partial charge in [-0.05, 0) is 31.0 Å². The molecule has 0 spiro atoms. The van der Waals surface area contributed by atoms with Crippen LogP contribution < -0.4 is 0 Å². The molecule has 0 aliphatic carbocycles. The van der Waals surface area contributed by atoms with E-state index in [2.05, 4.69) is 6.92 Å². The Hall–Kier alpha value is -1.35. The van der Waals surface area contributed by atoms with Crippen molar-refractivity contribution in [3.05, 3.63) is 35.4 Å². The lowest BCUT2D eigenvalue weighted by atomic mass is 10.1. The van der Waals surface area contributed by atoms with Crippen LogP contribution in [0.1, 0.15) is 74.4 Å². The molecule has 1 aromatic carbocycles. The fraction of sp³-hybridized carbons (Fsp3) is 0.588. The summed E-state index contributed by atoms with van der Waals surface area (Å²) in [5.74, 6) is -0.891. The highest BCUT2D eigenvalue weighted by molar-refractivity contribution is 5.87. The summed E-state index contributed by atoms with van der Waals surface area (Å²) in [6, 6.07) is 6.91. The Kier molecular flexibility index (Phi) is 7.97. The highest BCUT2D eigenvalue weighted by Gasteiger charge is 2.07. The number of aromatic carboxylic acids is 1. The van der Waals surface area contributed by atoms with E-state index in [9.17, 15) is 4.79 Å². The van der Waals surface area contributed by atoms with Crippen molar-refractivity contribution >= 4 is 5.97 Å². The molecule has 1 N–H and O–H groups in total. The molecule has 3 heteroatoms. The van der Waals surface area contributed by atoms with Crippen LogP contribution in [0.15, 0.2) is 24.3 Å². The molecule has 1 aromatic rings. The number of hydrogen-bond donors (Lipinski definition) is 1. The van der Waals surface area contributed by atoms with Gasteiger partial charge >= 0.3 is 5.97 Å². The zero-order chi connectivity index (χ0) is 14.8. The molecule has 0 aliphatic rings. The maximum atomic E-state index is 10.8. The number of unbranched alkanes of at least 4 members (excludes halogenated alkanes) is 5. The van der Waals surface area contributed by atoms with E-state index in [0.29, 0.717) is 5.56 Å². The highest BCUT2D eigenvalue weighted by atomic mass is 16.5. The Bertz CT molecular complexity index is 384. The Morgan fingerprint density at radius 2 is 1.70 bits per heavy atom. The van der Waals surface area contributed by atoms with Gasteiger partial charge in [-0.25, -0.2) is 4.79 Å². The first kappa shape index (κ1) is 16.7. The van der Waals surface area contributed by atoms with Gasteiger partial charge in [0.2, 0.25) is 0 Å². The van der Waals surface area contributed by atoms with Gasteiger partial charge in [0.05, 0.1) is 11.7 Å². The first-order valence-electron chi connectivity index (χ1n) is 7.60. The number of ether oxygens (including phenoxy) is 1. The molecule has 1 atom stereocenters. The van der Waals surface area contributed by atoms with E-state index >= 15 is 0 Å². The van der Waals surface area contributed by atoms with Crippen LogP contribution >= 0.6 is 0 Å². The zero-order valence-electron chi connectivity index (χ0n) is 12.6. The standard InChI is InChI=1S/C17H26O3/c1-3-4-5-6-7-8-13-20-14(2)15-9-11-16(12-10-15)17(18)19/h9-12,14H,3-8,13H2,1-2H3,(H,18,19). The van der Waals surface area contributed by atoms with Gasteiger partial charge in [-0.3, -0.25) is 0 Å². The molecule has 0 aliphatic heterocycles. The smallest absolute Gasteiger partial charge is 0.335 e. The SMILES string of the molecule is CCCCCCCCOC(C)c1ccc(C(=O)O)cc1. The van der Waals surface area contributed by atoms with E-state index in [1.807, 2.05) is 19.1 Å². The third-order valence-corrected chi connectivity index (χ3v) is 3.49. The minimum Gasteiger partial charge on any atom is -0.478 e. The van der Waals surface area contributed by atoms with Crippen molar-refractivity contribution in [1.82, 2.24) is 0 Å². The monoisotopic (exact) mass is 278 g/mol. The van der Waals surface area contributed by atoms with Crippen LogP contribution in [-0.4, -0.2) is 17.7 Å². The van der Waals surface area contributed by atoms with Gasteiger partial charge in [-0.15, -0.1) is 0 Å². The number of carboxylic acids is 1. The number of carboxylic acid groups (broad SMARTS) is 1. The molecule has 1 unspecified atom stereocenters. The normalized spacial score (nSPS) is 12.3. The quantitative estimate of drug-likeness (QED) is 0.624. The third-order valence-electron chi connectivity index (χ3n) is 3.49. The van der Waals surface area contributed by atoms with Crippen molar-refractivity contribution in [3.63, 3.8) is 0 Å². The molecule has 1 rings (SSSR count). The van der Waals surface area contributed by atoms with Crippen molar-refractivity contribution in [2.45, 2.75) is 58.5 Å². The molecule has 0 bridgehead atoms. The maximum Gasteiger partial charge on any atom is 0.335 e. The van der Waals surface area contributed by atoms with E-state index in [-0.39, 0.29) is 6.10 Å². The Labute approximate surface area is 122 Å². The average Bonchev–Trinajstić information content (AvgIpc) is 2.46. The predicted molar refractivity (Wildman–Crippen MR) is 81.1 cm³/mol. The van der Waals surface area contributed by atoms with Crippen LogP contribution in [0.4, 0.5) is 0 Å². The molecule has 0 aromatic heterocycles. The molecule has 0 saturated carbocycles. The van der Waals surface area contributed by atoms with Gasteiger partial charge in [0.25, 0.3) is 0 Å². The van der Waals surface area contributed by atoms with E-state index in [1.54, 1.807) is 12.1 Å². The van der Waals surface area contributed by atoms with Crippen molar-refractivity contribution in [2.75, 3.05) is 6.61 Å². The fourth-order valence-electron chi connectivity index (χ4n) is 2.14. The van der Waals surface area contributed by atoms with Gasteiger partial charge < -0.3 is 9.84 Å². The molecule has 0 amide bonds. The zero-order valence-corrected chi connectivity index (χ0v) is 12.6. The lowest BCUT2D eigenvalue weighted by Crippen LogP contribution is -2.03. The van der Waals surface area contributed by atoms with Crippen LogP contribution in [0.25, 0.3) is 0 Å². The second kappa shape index (κ2) is 9.54. The summed E-state index contributed by atoms with van der Waals surface area (Å²) in [5.41, 5.74) is 1.35. The summed E-state index contributed by atoms with van der Waals surface area (Å²) in [7, 11) is 0. The Morgan fingerprint density at radius 1 is 1.10 bits per heavy atom. The Morgan fingerprint density at radius 3 is 2.30 bits per heavy atom. The summed E-state index contributed by atoms with van der Waals surface area (Å²) in [5, 5.41) is 8.85. The van der Waals surface area contributed by atoms with E-state index in [4.69, 9.17) is 9.84 Å². The van der Waals surface area contributed by atoms with Crippen LogP contribution in [0.3, 0.4) is 0 Å². The first-order chi connectivity index (χ1) is 9.65. The van der Waals surface area contributed by atoms with Crippen molar-refractivity contribution in [1.29, 1.82) is 0 Å². The molecule has 0 saturated heterocycles. The number of carbonyl (C=O) groups is 1. The molecule has 0 radical (unpaired) electrons. The predicted octanol–water partition coefficient (Wildman–Crippen LogP) is 4.82. The minimum absolute atomic E-state index is 0.0217. The van der Waals surface area contributed by atoms with Gasteiger partial charge in [0.15, 0.2) is 0 Å². The molecule has 20 heavy (non-hydrogen) atoms. The van der Waals surface area contributed by atoms with Gasteiger partial charge in [0.1, 0.15) is 0 Å². The van der Waals surface area contributed by atoms with Crippen molar-refractivity contribution < 1.29 is 14.6 Å². The van der Waals surface area contributed by atoms with E-state index in [1.165, 1.54) is 32.1 Å². The summed E-state index contributed by atoms with van der Waals surface area (Å²) in [4.78, 5) is 10.8. The molecular weight excluding hydrogens is 252 g/mol. The van der Waals surface area contributed by atoms with Crippen LogP contribution in [0, 0.1) is 0 Å². The summed E-state index contributed by atoms with van der Waals surface area (Å²) in [6.45, 7) is 5.00. The number of benzene rings is 1. The van der Waals surface area contributed by atoms with Gasteiger partial charge in [0, 0.05) is 6.61 Å². The summed E-state index contributed by atoms with van der Waals surface area (Å²) in [6.07, 6.45) is 7.56. The topological polar surface area (TPSA) is 46.5 Å².